The monoisotopic (exact) mass is 394 g/mol. The van der Waals surface area contributed by atoms with E-state index in [1.807, 2.05) is 0 Å². The normalized spacial score (nSPS) is 27.2. The van der Waals surface area contributed by atoms with Gasteiger partial charge in [-0.15, -0.1) is 0 Å². The van der Waals surface area contributed by atoms with Crippen LogP contribution in [-0.2, 0) is 23.9 Å². The van der Waals surface area contributed by atoms with Gasteiger partial charge in [-0.25, -0.2) is 0 Å². The predicted molar refractivity (Wildman–Crippen MR) is 97.9 cm³/mol. The molecule has 0 heterocycles. The zero-order valence-electron chi connectivity index (χ0n) is 16.4. The largest absolute Gasteiger partial charge is 0.504 e. The van der Waals surface area contributed by atoms with Crippen molar-refractivity contribution in [2.75, 3.05) is 20.3 Å². The quantitative estimate of drug-likeness (QED) is 0.551. The lowest BCUT2D eigenvalue weighted by atomic mass is 9.61. The second-order valence-corrected chi connectivity index (χ2v) is 6.92. The average Bonchev–Trinajstić information content (AvgIpc) is 2.61. The van der Waals surface area contributed by atoms with Gasteiger partial charge in [0, 0.05) is 12.3 Å². The number of benzene rings is 1. The molecule has 0 bridgehead atoms. The van der Waals surface area contributed by atoms with Gasteiger partial charge in [-0.1, -0.05) is 6.07 Å². The molecular formula is C20H26O8. The number of methoxy groups -OCH3 is 1. The van der Waals surface area contributed by atoms with Crippen molar-refractivity contribution in [3.05, 3.63) is 23.8 Å². The first-order valence-electron chi connectivity index (χ1n) is 9.13. The minimum atomic E-state index is -1.72. The Morgan fingerprint density at radius 1 is 1.18 bits per heavy atom. The minimum Gasteiger partial charge on any atom is -0.504 e. The zero-order chi connectivity index (χ0) is 21.1. The van der Waals surface area contributed by atoms with Gasteiger partial charge in [-0.05, 0) is 38.5 Å². The molecule has 0 amide bonds. The summed E-state index contributed by atoms with van der Waals surface area (Å²) in [6.45, 7) is 4.76. The van der Waals surface area contributed by atoms with Crippen LogP contribution in [0.5, 0.6) is 11.5 Å². The van der Waals surface area contributed by atoms with Crippen LogP contribution in [0.4, 0.5) is 0 Å². The van der Waals surface area contributed by atoms with E-state index in [-0.39, 0.29) is 31.1 Å². The topological polar surface area (TPSA) is 119 Å². The molecule has 0 aliphatic heterocycles. The van der Waals surface area contributed by atoms with E-state index in [9.17, 15) is 24.6 Å². The van der Waals surface area contributed by atoms with Gasteiger partial charge in [0.05, 0.1) is 31.8 Å². The first-order valence-corrected chi connectivity index (χ1v) is 9.13. The molecule has 154 valence electrons. The molecule has 28 heavy (non-hydrogen) atoms. The van der Waals surface area contributed by atoms with Crippen LogP contribution in [0, 0.1) is 11.8 Å². The maximum Gasteiger partial charge on any atom is 0.317 e. The summed E-state index contributed by atoms with van der Waals surface area (Å²) in [5, 5.41) is 20.8. The number of aliphatic hydroxyl groups is 1. The van der Waals surface area contributed by atoms with Gasteiger partial charge >= 0.3 is 11.9 Å². The summed E-state index contributed by atoms with van der Waals surface area (Å²) in [4.78, 5) is 38.1. The molecule has 1 saturated carbocycles. The zero-order valence-corrected chi connectivity index (χ0v) is 16.4. The van der Waals surface area contributed by atoms with Crippen molar-refractivity contribution in [2.24, 2.45) is 11.8 Å². The lowest BCUT2D eigenvalue weighted by molar-refractivity contribution is -0.172. The summed E-state index contributed by atoms with van der Waals surface area (Å²) in [7, 11) is 1.35. The van der Waals surface area contributed by atoms with Crippen molar-refractivity contribution in [1.82, 2.24) is 0 Å². The number of carbonyl (C=O) groups is 3. The van der Waals surface area contributed by atoms with E-state index in [0.29, 0.717) is 5.56 Å². The lowest BCUT2D eigenvalue weighted by Crippen LogP contribution is -2.55. The van der Waals surface area contributed by atoms with Gasteiger partial charge in [-0.3, -0.25) is 14.4 Å². The standard InChI is InChI=1S/C20H26O8/c1-5-27-18(23)16-13(22)10-20(3,25)17(19(24)28-6-2)15(16)11-7-8-12(21)14(9-11)26-4/h7-9,15-17,21,25H,5-6,10H2,1-4H3/t15-,16-,17+,20-/m0/s1. The third-order valence-corrected chi connectivity index (χ3v) is 4.94. The van der Waals surface area contributed by atoms with Crippen molar-refractivity contribution in [3.8, 4) is 11.5 Å². The maximum absolute atomic E-state index is 12.8. The minimum absolute atomic E-state index is 0.0642. The third-order valence-electron chi connectivity index (χ3n) is 4.94. The molecule has 0 saturated heterocycles. The third kappa shape index (κ3) is 4.11. The van der Waals surface area contributed by atoms with Crippen LogP contribution in [0.2, 0.25) is 0 Å². The Morgan fingerprint density at radius 3 is 2.36 bits per heavy atom. The van der Waals surface area contributed by atoms with Crippen LogP contribution in [0.1, 0.15) is 38.7 Å². The van der Waals surface area contributed by atoms with E-state index in [2.05, 4.69) is 0 Å². The van der Waals surface area contributed by atoms with Gasteiger partial charge in [0.1, 0.15) is 5.92 Å². The van der Waals surface area contributed by atoms with Crippen LogP contribution in [-0.4, -0.2) is 53.9 Å². The van der Waals surface area contributed by atoms with E-state index >= 15 is 0 Å². The Kier molecular flexibility index (Phi) is 6.66. The molecule has 8 heteroatoms. The highest BCUT2D eigenvalue weighted by Crippen LogP contribution is 2.47. The van der Waals surface area contributed by atoms with E-state index < -0.39 is 41.1 Å². The van der Waals surface area contributed by atoms with E-state index in [1.54, 1.807) is 13.8 Å². The van der Waals surface area contributed by atoms with Crippen LogP contribution >= 0.6 is 0 Å². The van der Waals surface area contributed by atoms with Gasteiger partial charge in [0.15, 0.2) is 17.3 Å². The Morgan fingerprint density at radius 2 is 1.79 bits per heavy atom. The molecule has 8 nitrogen and oxygen atoms in total. The average molecular weight is 394 g/mol. The van der Waals surface area contributed by atoms with Crippen molar-refractivity contribution in [2.45, 2.75) is 38.7 Å². The van der Waals surface area contributed by atoms with Crippen molar-refractivity contribution in [1.29, 1.82) is 0 Å². The molecule has 1 aromatic rings. The van der Waals surface area contributed by atoms with Crippen molar-refractivity contribution >= 4 is 17.7 Å². The highest BCUT2D eigenvalue weighted by Gasteiger charge is 2.57. The number of aromatic hydroxyl groups is 1. The molecule has 2 N–H and O–H groups in total. The number of carbonyl (C=O) groups excluding carboxylic acids is 3. The number of hydrogen-bond donors (Lipinski definition) is 2. The summed E-state index contributed by atoms with van der Waals surface area (Å²) in [5.74, 6) is -5.55. The highest BCUT2D eigenvalue weighted by atomic mass is 16.5. The summed E-state index contributed by atoms with van der Waals surface area (Å²) in [6, 6.07) is 4.26. The smallest absolute Gasteiger partial charge is 0.317 e. The molecule has 1 aliphatic rings. The fourth-order valence-corrected chi connectivity index (χ4v) is 3.78. The molecule has 0 unspecified atom stereocenters. The highest BCUT2D eigenvalue weighted by molar-refractivity contribution is 6.02. The predicted octanol–water partition coefficient (Wildman–Crippen LogP) is 1.57. The number of phenols is 1. The van der Waals surface area contributed by atoms with Crippen molar-refractivity contribution in [3.63, 3.8) is 0 Å². The SMILES string of the molecule is CCOC(=O)[C@H]1C(=O)C[C@](C)(O)[C@@H](C(=O)OCC)[C@H]1c1ccc(O)c(OC)c1. The number of hydrogen-bond acceptors (Lipinski definition) is 8. The van der Waals surface area contributed by atoms with E-state index in [4.69, 9.17) is 14.2 Å². The molecule has 0 aromatic heterocycles. The van der Waals surface area contributed by atoms with Crippen LogP contribution in [0.15, 0.2) is 18.2 Å². The molecule has 1 aromatic carbocycles. The van der Waals surface area contributed by atoms with E-state index in [1.165, 1.54) is 32.2 Å². The molecule has 1 fully saturated rings. The molecule has 2 rings (SSSR count). The molecule has 0 radical (unpaired) electrons. The van der Waals surface area contributed by atoms with Gasteiger partial charge in [0.25, 0.3) is 0 Å². The fourth-order valence-electron chi connectivity index (χ4n) is 3.78. The Balaban J connectivity index is 2.66. The number of esters is 2. The van der Waals surface area contributed by atoms with Gasteiger partial charge in [0.2, 0.25) is 0 Å². The van der Waals surface area contributed by atoms with Gasteiger partial charge < -0.3 is 24.4 Å². The van der Waals surface area contributed by atoms with Gasteiger partial charge in [-0.2, -0.15) is 0 Å². The number of rotatable bonds is 6. The summed E-state index contributed by atoms with van der Waals surface area (Å²) in [6.07, 6.45) is -0.383. The number of ether oxygens (including phenoxy) is 3. The summed E-state index contributed by atoms with van der Waals surface area (Å²) >= 11 is 0. The van der Waals surface area contributed by atoms with Crippen LogP contribution in [0.3, 0.4) is 0 Å². The van der Waals surface area contributed by atoms with Crippen LogP contribution < -0.4 is 4.74 Å². The summed E-state index contributed by atoms with van der Waals surface area (Å²) < 4.78 is 15.3. The lowest BCUT2D eigenvalue weighted by Gasteiger charge is -2.43. The molecule has 1 aliphatic carbocycles. The Labute approximate surface area is 163 Å². The summed E-state index contributed by atoms with van der Waals surface area (Å²) in [5.41, 5.74) is -1.35. The number of ketones is 1. The molecule has 0 spiro atoms. The van der Waals surface area contributed by atoms with Crippen molar-refractivity contribution < 1.29 is 38.8 Å². The molecular weight excluding hydrogens is 368 g/mol. The second-order valence-electron chi connectivity index (χ2n) is 6.92. The molecule has 4 atom stereocenters. The maximum atomic E-state index is 12.8. The fraction of sp³-hybridized carbons (Fsp3) is 0.550. The Hall–Kier alpha value is -2.61. The number of phenolic OH excluding ortho intramolecular Hbond substituents is 1. The van der Waals surface area contributed by atoms with E-state index in [0.717, 1.165) is 0 Å². The second kappa shape index (κ2) is 8.60. The first kappa shape index (κ1) is 21.7. The Bertz CT molecular complexity index is 755. The number of Topliss-reactive ketones (excluding diaryl/α,β-unsaturated/α-hetero) is 1. The first-order chi connectivity index (χ1) is 13.2. The van der Waals surface area contributed by atoms with Crippen LogP contribution in [0.25, 0.3) is 0 Å².